The van der Waals surface area contributed by atoms with Crippen molar-refractivity contribution < 1.29 is 8.78 Å². The summed E-state index contributed by atoms with van der Waals surface area (Å²) >= 11 is 0. The lowest BCUT2D eigenvalue weighted by atomic mass is 10.4. The van der Waals surface area contributed by atoms with Crippen LogP contribution in [0, 0.1) is 0 Å². The van der Waals surface area contributed by atoms with Gasteiger partial charge in [-0.1, -0.05) is 5.21 Å². The highest BCUT2D eigenvalue weighted by Gasteiger charge is 2.18. The van der Waals surface area contributed by atoms with Crippen LogP contribution in [0.1, 0.15) is 12.1 Å². The van der Waals surface area contributed by atoms with Crippen molar-refractivity contribution in [1.29, 1.82) is 0 Å². The van der Waals surface area contributed by atoms with Gasteiger partial charge in [-0.05, 0) is 0 Å². The fraction of sp³-hybridized carbons (Fsp3) is 0.600. The molecule has 0 atom stereocenters. The number of nitrogens with zero attached hydrogens (tertiary/aromatic N) is 3. The smallest absolute Gasteiger partial charge is 0.283 e. The van der Waals surface area contributed by atoms with Crippen molar-refractivity contribution in [3.63, 3.8) is 0 Å². The van der Waals surface area contributed by atoms with Gasteiger partial charge in [0.05, 0.1) is 0 Å². The molecule has 0 unspecified atom stereocenters. The first-order valence-corrected chi connectivity index (χ1v) is 3.02. The molecule has 1 aromatic rings. The molecular weight excluding hydrogens is 154 g/mol. The summed E-state index contributed by atoms with van der Waals surface area (Å²) in [6.45, 7) is 0. The first-order chi connectivity index (χ1) is 5.16. The van der Waals surface area contributed by atoms with Crippen molar-refractivity contribution in [3.8, 4) is 0 Å². The number of alkyl halides is 2. The first-order valence-electron chi connectivity index (χ1n) is 3.02. The second-order valence-electron chi connectivity index (χ2n) is 2.00. The van der Waals surface area contributed by atoms with E-state index in [1.165, 1.54) is 14.1 Å². The van der Waals surface area contributed by atoms with Gasteiger partial charge in [0, 0.05) is 14.1 Å². The average Bonchev–Trinajstić information content (AvgIpc) is 2.30. The van der Waals surface area contributed by atoms with Crippen LogP contribution in [0.25, 0.3) is 0 Å². The van der Waals surface area contributed by atoms with Gasteiger partial charge in [0.2, 0.25) is 0 Å². The number of nitrogens with one attached hydrogen (secondary N) is 1. The van der Waals surface area contributed by atoms with E-state index >= 15 is 0 Å². The summed E-state index contributed by atoms with van der Waals surface area (Å²) in [5.41, 5.74) is -0.187. The lowest BCUT2D eigenvalue weighted by Gasteiger charge is -2.00. The predicted octanol–water partition coefficient (Wildman–Crippen LogP) is 0.794. The number of aryl methyl sites for hydroxylation is 1. The Balaban J connectivity index is 3.07. The van der Waals surface area contributed by atoms with E-state index in [9.17, 15) is 8.78 Å². The second kappa shape index (κ2) is 2.81. The maximum Gasteiger partial charge on any atom is 0.283 e. The molecule has 1 aromatic heterocycles. The molecule has 0 amide bonds. The molecule has 0 radical (unpaired) electrons. The molecule has 0 bridgehead atoms. The Morgan fingerprint density at radius 3 is 2.55 bits per heavy atom. The number of halogens is 2. The van der Waals surface area contributed by atoms with Gasteiger partial charge < -0.3 is 5.32 Å². The van der Waals surface area contributed by atoms with Crippen LogP contribution in [0.2, 0.25) is 0 Å². The molecule has 1 rings (SSSR count). The zero-order chi connectivity index (χ0) is 8.43. The Kier molecular flexibility index (Phi) is 2.02. The molecule has 0 aliphatic rings. The summed E-state index contributed by atoms with van der Waals surface area (Å²) in [5, 5.41) is 9.43. The largest absolute Gasteiger partial charge is 0.370 e. The summed E-state index contributed by atoms with van der Waals surface area (Å²) in [5.74, 6) is 0.127. The van der Waals surface area contributed by atoms with Gasteiger partial charge in [-0.25, -0.2) is 13.5 Å². The third-order valence-electron chi connectivity index (χ3n) is 1.31. The van der Waals surface area contributed by atoms with E-state index in [1.54, 1.807) is 0 Å². The molecule has 11 heavy (non-hydrogen) atoms. The van der Waals surface area contributed by atoms with Crippen molar-refractivity contribution in [2.75, 3.05) is 12.4 Å². The van der Waals surface area contributed by atoms with E-state index in [0.717, 1.165) is 4.68 Å². The van der Waals surface area contributed by atoms with Crippen LogP contribution in [0.3, 0.4) is 0 Å². The predicted molar refractivity (Wildman–Crippen MR) is 35.5 cm³/mol. The van der Waals surface area contributed by atoms with Crippen LogP contribution < -0.4 is 5.32 Å². The number of hydrogen-bond donors (Lipinski definition) is 1. The lowest BCUT2D eigenvalue weighted by Crippen LogP contribution is -2.00. The molecular formula is C5H8F2N4. The van der Waals surface area contributed by atoms with Crippen molar-refractivity contribution in [2.45, 2.75) is 6.43 Å². The number of hydrogen-bond acceptors (Lipinski definition) is 3. The molecule has 4 nitrogen and oxygen atoms in total. The van der Waals surface area contributed by atoms with Gasteiger partial charge in [-0.2, -0.15) is 0 Å². The summed E-state index contributed by atoms with van der Waals surface area (Å²) < 4.78 is 25.4. The van der Waals surface area contributed by atoms with Crippen LogP contribution in [0.5, 0.6) is 0 Å². The molecule has 0 saturated carbocycles. The molecule has 0 aromatic carbocycles. The van der Waals surface area contributed by atoms with Crippen LogP contribution in [0.15, 0.2) is 0 Å². The minimum atomic E-state index is -2.54. The van der Waals surface area contributed by atoms with E-state index in [-0.39, 0.29) is 11.5 Å². The van der Waals surface area contributed by atoms with Crippen molar-refractivity contribution in [3.05, 3.63) is 5.69 Å². The third-order valence-corrected chi connectivity index (χ3v) is 1.31. The van der Waals surface area contributed by atoms with E-state index in [4.69, 9.17) is 0 Å². The van der Waals surface area contributed by atoms with Gasteiger partial charge >= 0.3 is 0 Å². The van der Waals surface area contributed by atoms with E-state index in [1.807, 2.05) is 0 Å². The average molecular weight is 162 g/mol. The quantitative estimate of drug-likeness (QED) is 0.699. The molecule has 6 heteroatoms. The molecule has 0 fully saturated rings. The molecule has 0 saturated heterocycles. The molecule has 0 aliphatic heterocycles. The minimum absolute atomic E-state index is 0.127. The summed E-state index contributed by atoms with van der Waals surface area (Å²) in [6.07, 6.45) is -2.54. The highest BCUT2D eigenvalue weighted by Crippen LogP contribution is 2.23. The topological polar surface area (TPSA) is 42.7 Å². The molecule has 1 N–H and O–H groups in total. The molecule has 0 aliphatic carbocycles. The summed E-state index contributed by atoms with van der Waals surface area (Å²) in [7, 11) is 2.95. The highest BCUT2D eigenvalue weighted by molar-refractivity contribution is 5.38. The standard InChI is InChI=1S/C5H8F2N4/c1-8-5-3(4(6)7)11(2)10-9-5/h4,8H,1-2H3. The Morgan fingerprint density at radius 2 is 2.18 bits per heavy atom. The third kappa shape index (κ3) is 1.28. The number of anilines is 1. The fourth-order valence-corrected chi connectivity index (χ4v) is 0.787. The van der Waals surface area contributed by atoms with E-state index < -0.39 is 6.43 Å². The van der Waals surface area contributed by atoms with Gasteiger partial charge in [-0.15, -0.1) is 5.10 Å². The van der Waals surface area contributed by atoms with E-state index in [0.29, 0.717) is 0 Å². The number of rotatable bonds is 2. The van der Waals surface area contributed by atoms with Crippen LogP contribution in [-0.4, -0.2) is 22.0 Å². The van der Waals surface area contributed by atoms with Crippen LogP contribution in [0.4, 0.5) is 14.6 Å². The molecule has 0 spiro atoms. The van der Waals surface area contributed by atoms with Crippen LogP contribution >= 0.6 is 0 Å². The summed E-state index contributed by atoms with van der Waals surface area (Å²) in [6, 6.07) is 0. The number of aromatic nitrogens is 3. The normalized spacial score (nSPS) is 10.6. The Labute approximate surface area is 62.2 Å². The lowest BCUT2D eigenvalue weighted by molar-refractivity contribution is 0.141. The zero-order valence-corrected chi connectivity index (χ0v) is 6.17. The van der Waals surface area contributed by atoms with Crippen LogP contribution in [-0.2, 0) is 7.05 Å². The van der Waals surface area contributed by atoms with Gasteiger partial charge in [0.25, 0.3) is 6.43 Å². The second-order valence-corrected chi connectivity index (χ2v) is 2.00. The molecule has 1 heterocycles. The zero-order valence-electron chi connectivity index (χ0n) is 6.17. The first kappa shape index (κ1) is 7.90. The monoisotopic (exact) mass is 162 g/mol. The SMILES string of the molecule is CNc1nnn(C)c1C(F)F. The van der Waals surface area contributed by atoms with Gasteiger partial charge in [0.1, 0.15) is 5.69 Å². The maximum absolute atomic E-state index is 12.2. The molecule has 62 valence electrons. The highest BCUT2D eigenvalue weighted by atomic mass is 19.3. The van der Waals surface area contributed by atoms with E-state index in [2.05, 4.69) is 15.6 Å². The Bertz CT molecular complexity index is 245. The van der Waals surface area contributed by atoms with Gasteiger partial charge in [-0.3, -0.25) is 0 Å². The Hall–Kier alpha value is -1.20. The van der Waals surface area contributed by atoms with Gasteiger partial charge in [0.15, 0.2) is 5.82 Å². The fourth-order valence-electron chi connectivity index (χ4n) is 0.787. The van der Waals surface area contributed by atoms with Crippen molar-refractivity contribution >= 4 is 5.82 Å². The maximum atomic E-state index is 12.2. The van der Waals surface area contributed by atoms with Crippen molar-refractivity contribution in [2.24, 2.45) is 7.05 Å². The van der Waals surface area contributed by atoms with Crippen molar-refractivity contribution in [1.82, 2.24) is 15.0 Å². The Morgan fingerprint density at radius 1 is 1.55 bits per heavy atom. The summed E-state index contributed by atoms with van der Waals surface area (Å²) in [4.78, 5) is 0. The minimum Gasteiger partial charge on any atom is -0.370 e.